The van der Waals surface area contributed by atoms with Crippen LogP contribution in [0.15, 0.2) is 23.3 Å². The normalized spacial score (nSPS) is 16.8. The summed E-state index contributed by atoms with van der Waals surface area (Å²) >= 11 is 0. The molecular formula is C19H30F3N5O. The molecule has 28 heavy (non-hydrogen) atoms. The van der Waals surface area contributed by atoms with Crippen molar-refractivity contribution < 1.29 is 17.9 Å². The molecule has 0 saturated carbocycles. The highest BCUT2D eigenvalue weighted by Gasteiger charge is 2.28. The van der Waals surface area contributed by atoms with Crippen LogP contribution in [-0.2, 0) is 6.54 Å². The SMILES string of the molecule is CN=C(NCCCN1CCC(C)CC1)NCc1ccc(OCC(F)(F)F)nc1. The van der Waals surface area contributed by atoms with Crippen LogP contribution in [-0.4, -0.2) is 61.9 Å². The number of likely N-dealkylation sites (tertiary alicyclic amines) is 1. The minimum Gasteiger partial charge on any atom is -0.468 e. The number of alkyl halides is 3. The van der Waals surface area contributed by atoms with Gasteiger partial charge in [-0.15, -0.1) is 0 Å². The number of nitrogens with zero attached hydrogens (tertiary/aromatic N) is 3. The third-order valence-electron chi connectivity index (χ3n) is 4.68. The molecule has 0 aliphatic carbocycles. The first-order valence-corrected chi connectivity index (χ1v) is 9.67. The monoisotopic (exact) mass is 401 g/mol. The van der Waals surface area contributed by atoms with E-state index in [0.717, 1.165) is 31.0 Å². The van der Waals surface area contributed by atoms with Crippen molar-refractivity contribution in [3.63, 3.8) is 0 Å². The Hall–Kier alpha value is -2.03. The summed E-state index contributed by atoms with van der Waals surface area (Å²) in [5.41, 5.74) is 0.824. The highest BCUT2D eigenvalue weighted by molar-refractivity contribution is 5.79. The van der Waals surface area contributed by atoms with Gasteiger partial charge in [0.2, 0.25) is 5.88 Å². The van der Waals surface area contributed by atoms with Crippen LogP contribution in [0.25, 0.3) is 0 Å². The first-order chi connectivity index (χ1) is 13.4. The lowest BCUT2D eigenvalue weighted by Gasteiger charge is -2.30. The predicted octanol–water partition coefficient (Wildman–Crippen LogP) is 2.81. The first kappa shape index (κ1) is 22.3. The minimum atomic E-state index is -4.37. The number of piperidine rings is 1. The summed E-state index contributed by atoms with van der Waals surface area (Å²) in [5, 5.41) is 6.45. The fourth-order valence-electron chi connectivity index (χ4n) is 2.96. The van der Waals surface area contributed by atoms with E-state index in [1.165, 1.54) is 38.2 Å². The van der Waals surface area contributed by atoms with Gasteiger partial charge in [-0.05, 0) is 50.4 Å². The molecule has 0 unspecified atom stereocenters. The molecule has 9 heteroatoms. The maximum atomic E-state index is 12.1. The number of halogens is 3. The molecule has 0 radical (unpaired) electrons. The van der Waals surface area contributed by atoms with E-state index in [0.29, 0.717) is 12.5 Å². The van der Waals surface area contributed by atoms with E-state index in [9.17, 15) is 13.2 Å². The number of hydrogen-bond acceptors (Lipinski definition) is 4. The van der Waals surface area contributed by atoms with Gasteiger partial charge < -0.3 is 20.3 Å². The molecule has 0 aromatic carbocycles. The van der Waals surface area contributed by atoms with Gasteiger partial charge in [-0.2, -0.15) is 13.2 Å². The van der Waals surface area contributed by atoms with Crippen molar-refractivity contribution in [1.82, 2.24) is 20.5 Å². The zero-order valence-corrected chi connectivity index (χ0v) is 16.6. The quantitative estimate of drug-likeness (QED) is 0.399. The van der Waals surface area contributed by atoms with Crippen molar-refractivity contribution >= 4 is 5.96 Å². The van der Waals surface area contributed by atoms with Crippen LogP contribution < -0.4 is 15.4 Å². The van der Waals surface area contributed by atoms with Gasteiger partial charge in [0.15, 0.2) is 12.6 Å². The van der Waals surface area contributed by atoms with E-state index in [1.807, 2.05) is 0 Å². The Morgan fingerprint density at radius 1 is 1.29 bits per heavy atom. The molecule has 0 bridgehead atoms. The number of rotatable bonds is 8. The van der Waals surface area contributed by atoms with Crippen molar-refractivity contribution in [2.45, 2.75) is 38.9 Å². The molecular weight excluding hydrogens is 371 g/mol. The molecule has 158 valence electrons. The number of aliphatic imine (C=N–C) groups is 1. The van der Waals surface area contributed by atoms with Crippen LogP contribution in [0, 0.1) is 5.92 Å². The number of aromatic nitrogens is 1. The van der Waals surface area contributed by atoms with Gasteiger partial charge in [-0.1, -0.05) is 13.0 Å². The van der Waals surface area contributed by atoms with E-state index in [2.05, 4.69) is 37.2 Å². The third-order valence-corrected chi connectivity index (χ3v) is 4.68. The van der Waals surface area contributed by atoms with Gasteiger partial charge in [-0.25, -0.2) is 4.98 Å². The maximum absolute atomic E-state index is 12.1. The molecule has 1 aromatic heterocycles. The van der Waals surface area contributed by atoms with Crippen LogP contribution in [0.1, 0.15) is 31.7 Å². The average molecular weight is 401 g/mol. The third kappa shape index (κ3) is 8.77. The summed E-state index contributed by atoms with van der Waals surface area (Å²) in [6, 6.07) is 3.11. The number of hydrogen-bond donors (Lipinski definition) is 2. The summed E-state index contributed by atoms with van der Waals surface area (Å²) < 4.78 is 41.0. The lowest BCUT2D eigenvalue weighted by molar-refractivity contribution is -0.154. The van der Waals surface area contributed by atoms with Gasteiger partial charge in [0.1, 0.15) is 0 Å². The molecule has 6 nitrogen and oxygen atoms in total. The van der Waals surface area contributed by atoms with E-state index in [-0.39, 0.29) is 5.88 Å². The summed E-state index contributed by atoms with van der Waals surface area (Å²) in [5.74, 6) is 1.48. The molecule has 2 rings (SSSR count). The molecule has 0 atom stereocenters. The Balaban J connectivity index is 1.63. The largest absolute Gasteiger partial charge is 0.468 e. The number of ether oxygens (including phenoxy) is 1. The maximum Gasteiger partial charge on any atom is 0.422 e. The molecule has 1 aliphatic heterocycles. The average Bonchev–Trinajstić information content (AvgIpc) is 2.67. The fourth-order valence-corrected chi connectivity index (χ4v) is 2.96. The zero-order chi connectivity index (χ0) is 20.4. The minimum absolute atomic E-state index is 0.0457. The molecule has 2 heterocycles. The molecule has 1 aliphatic rings. The molecule has 1 fully saturated rings. The second-order valence-corrected chi connectivity index (χ2v) is 7.14. The Labute approximate surface area is 164 Å². The molecule has 0 spiro atoms. The number of pyridine rings is 1. The summed E-state index contributed by atoms with van der Waals surface area (Å²) in [7, 11) is 1.70. The van der Waals surface area contributed by atoms with Gasteiger partial charge in [-0.3, -0.25) is 4.99 Å². The van der Waals surface area contributed by atoms with Gasteiger partial charge in [0.05, 0.1) is 0 Å². The van der Waals surface area contributed by atoms with Crippen molar-refractivity contribution in [3.05, 3.63) is 23.9 Å². The Morgan fingerprint density at radius 2 is 2.04 bits per heavy atom. The summed E-state index contributed by atoms with van der Waals surface area (Å²) in [6.07, 6.45) is 0.729. The van der Waals surface area contributed by atoms with Crippen molar-refractivity contribution in [2.75, 3.05) is 39.8 Å². The van der Waals surface area contributed by atoms with Crippen molar-refractivity contribution in [3.8, 4) is 5.88 Å². The van der Waals surface area contributed by atoms with Crippen LogP contribution >= 0.6 is 0 Å². The smallest absolute Gasteiger partial charge is 0.422 e. The van der Waals surface area contributed by atoms with E-state index in [1.54, 1.807) is 13.1 Å². The van der Waals surface area contributed by atoms with E-state index in [4.69, 9.17) is 0 Å². The van der Waals surface area contributed by atoms with E-state index < -0.39 is 12.8 Å². The molecule has 2 N–H and O–H groups in total. The summed E-state index contributed by atoms with van der Waals surface area (Å²) in [4.78, 5) is 10.6. The first-order valence-electron chi connectivity index (χ1n) is 9.67. The van der Waals surface area contributed by atoms with Crippen LogP contribution in [0.4, 0.5) is 13.2 Å². The van der Waals surface area contributed by atoms with Crippen LogP contribution in [0.3, 0.4) is 0 Å². The molecule has 1 aromatic rings. The highest BCUT2D eigenvalue weighted by atomic mass is 19.4. The van der Waals surface area contributed by atoms with Crippen molar-refractivity contribution in [2.24, 2.45) is 10.9 Å². The van der Waals surface area contributed by atoms with Gasteiger partial charge in [0, 0.05) is 32.4 Å². The van der Waals surface area contributed by atoms with E-state index >= 15 is 0 Å². The number of guanidine groups is 1. The highest BCUT2D eigenvalue weighted by Crippen LogP contribution is 2.17. The van der Waals surface area contributed by atoms with Crippen LogP contribution in [0.2, 0.25) is 0 Å². The second-order valence-electron chi connectivity index (χ2n) is 7.14. The Bertz CT molecular complexity index is 599. The summed E-state index contributed by atoms with van der Waals surface area (Å²) in [6.45, 7) is 5.72. The van der Waals surface area contributed by atoms with Gasteiger partial charge >= 0.3 is 6.18 Å². The standard InChI is InChI=1S/C19H30F3N5O/c1-15-6-10-27(11-7-15)9-3-8-24-18(23-2)26-13-16-4-5-17(25-12-16)28-14-19(20,21)22/h4-5,12,15H,3,6-11,13-14H2,1-2H3,(H2,23,24,26). The lowest BCUT2D eigenvalue weighted by atomic mass is 9.99. The lowest BCUT2D eigenvalue weighted by Crippen LogP contribution is -2.39. The van der Waals surface area contributed by atoms with Crippen molar-refractivity contribution in [1.29, 1.82) is 0 Å². The zero-order valence-electron chi connectivity index (χ0n) is 16.6. The van der Waals surface area contributed by atoms with Crippen LogP contribution in [0.5, 0.6) is 5.88 Å². The Morgan fingerprint density at radius 3 is 2.64 bits per heavy atom. The molecule has 0 amide bonds. The predicted molar refractivity (Wildman–Crippen MR) is 103 cm³/mol. The molecule has 1 saturated heterocycles. The number of nitrogens with one attached hydrogen (secondary N) is 2. The second kappa shape index (κ2) is 11.1. The van der Waals surface area contributed by atoms with Gasteiger partial charge in [0.25, 0.3) is 0 Å². The topological polar surface area (TPSA) is 61.8 Å². The Kier molecular flexibility index (Phi) is 8.82. The fraction of sp³-hybridized carbons (Fsp3) is 0.684.